The molecule has 3 atom stereocenters. The lowest BCUT2D eigenvalue weighted by molar-refractivity contribution is -0.734. The minimum atomic E-state index is -0.0727. The van der Waals surface area contributed by atoms with E-state index in [4.69, 9.17) is 4.74 Å². The molecule has 1 saturated heterocycles. The van der Waals surface area contributed by atoms with Crippen molar-refractivity contribution in [3.63, 3.8) is 0 Å². The molecule has 0 spiro atoms. The van der Waals surface area contributed by atoms with E-state index >= 15 is 0 Å². The molecule has 3 nitrogen and oxygen atoms in total. The zero-order chi connectivity index (χ0) is 13.0. The van der Waals surface area contributed by atoms with E-state index in [9.17, 15) is 5.11 Å². The maximum atomic E-state index is 10.0. The highest BCUT2D eigenvalue weighted by Gasteiger charge is 2.31. The van der Waals surface area contributed by atoms with Gasteiger partial charge in [0.15, 0.2) is 0 Å². The second kappa shape index (κ2) is 6.88. The maximum absolute atomic E-state index is 10.0. The minimum Gasteiger partial charge on any atom is -0.387 e. The molecule has 1 heterocycles. The average molecular weight is 256 g/mol. The Morgan fingerprint density at radius 2 is 1.78 bits per heavy atom. The van der Waals surface area contributed by atoms with Gasteiger partial charge in [-0.1, -0.05) is 0 Å². The van der Waals surface area contributed by atoms with Crippen LogP contribution in [-0.4, -0.2) is 36.5 Å². The van der Waals surface area contributed by atoms with Gasteiger partial charge in [0.1, 0.15) is 12.1 Å². The van der Waals surface area contributed by atoms with Gasteiger partial charge in [-0.05, 0) is 51.4 Å². The third kappa shape index (κ3) is 3.94. The number of quaternary nitrogens is 1. The van der Waals surface area contributed by atoms with E-state index in [1.165, 1.54) is 38.5 Å². The molecule has 1 aliphatic heterocycles. The van der Waals surface area contributed by atoms with Crippen LogP contribution in [0, 0.1) is 5.92 Å². The normalized spacial score (nSPS) is 41.8. The molecule has 1 aliphatic carbocycles. The number of rotatable bonds is 4. The summed E-state index contributed by atoms with van der Waals surface area (Å²) in [5.74, 6) is 0.870. The monoisotopic (exact) mass is 256 g/mol. The Balaban J connectivity index is 1.68. The van der Waals surface area contributed by atoms with E-state index < -0.39 is 0 Å². The molecule has 2 rings (SSSR count). The van der Waals surface area contributed by atoms with E-state index in [1.807, 2.05) is 7.11 Å². The predicted octanol–water partition coefficient (Wildman–Crippen LogP) is 1.45. The van der Waals surface area contributed by atoms with Crippen LogP contribution in [0.15, 0.2) is 0 Å². The summed E-state index contributed by atoms with van der Waals surface area (Å²) in [6, 6.07) is 1.15. The highest BCUT2D eigenvalue weighted by molar-refractivity contribution is 4.77. The van der Waals surface area contributed by atoms with Crippen molar-refractivity contribution >= 4 is 0 Å². The molecule has 0 radical (unpaired) electrons. The summed E-state index contributed by atoms with van der Waals surface area (Å²) in [4.78, 5) is 0. The van der Waals surface area contributed by atoms with Gasteiger partial charge >= 0.3 is 0 Å². The molecule has 106 valence electrons. The van der Waals surface area contributed by atoms with Crippen molar-refractivity contribution in [1.82, 2.24) is 0 Å². The summed E-state index contributed by atoms with van der Waals surface area (Å²) >= 11 is 0. The number of piperidine rings is 1. The van der Waals surface area contributed by atoms with Crippen LogP contribution in [0.4, 0.5) is 0 Å². The summed E-state index contributed by atoms with van der Waals surface area (Å²) in [6.45, 7) is 2.28. The van der Waals surface area contributed by atoms with Crippen LogP contribution in [0.25, 0.3) is 0 Å². The van der Waals surface area contributed by atoms with Gasteiger partial charge < -0.3 is 15.2 Å². The van der Waals surface area contributed by atoms with Crippen LogP contribution < -0.4 is 5.32 Å². The van der Waals surface area contributed by atoms with Crippen molar-refractivity contribution < 1.29 is 15.2 Å². The van der Waals surface area contributed by atoms with Crippen LogP contribution in [0.1, 0.15) is 58.3 Å². The van der Waals surface area contributed by atoms with Crippen molar-refractivity contribution in [2.24, 2.45) is 5.92 Å². The molecule has 0 aromatic heterocycles. The van der Waals surface area contributed by atoms with Gasteiger partial charge in [0, 0.05) is 20.0 Å². The first kappa shape index (κ1) is 14.3. The molecule has 0 bridgehead atoms. The van der Waals surface area contributed by atoms with Gasteiger partial charge in [-0.15, -0.1) is 0 Å². The topological polar surface area (TPSA) is 46.1 Å². The fraction of sp³-hybridized carbons (Fsp3) is 1.00. The van der Waals surface area contributed by atoms with Crippen LogP contribution in [0.2, 0.25) is 0 Å². The Bertz CT molecular complexity index is 239. The molecule has 2 fully saturated rings. The van der Waals surface area contributed by atoms with Gasteiger partial charge in [0.2, 0.25) is 0 Å². The summed E-state index contributed by atoms with van der Waals surface area (Å²) in [5.41, 5.74) is 0. The van der Waals surface area contributed by atoms with Crippen LogP contribution >= 0.6 is 0 Å². The standard InChI is InChI=1S/C15H29NO2/c1-11-3-10-15(17)14(16-11)9-6-12-4-7-13(18-2)8-5-12/h11-17H,3-10H2,1-2H3/p+1. The second-order valence-electron chi connectivity index (χ2n) is 6.43. The molecule has 1 saturated carbocycles. The Hall–Kier alpha value is -0.120. The lowest BCUT2D eigenvalue weighted by atomic mass is 9.82. The van der Waals surface area contributed by atoms with E-state index in [2.05, 4.69) is 12.2 Å². The molecular weight excluding hydrogens is 226 g/mol. The van der Waals surface area contributed by atoms with Crippen LogP contribution in [0.5, 0.6) is 0 Å². The van der Waals surface area contributed by atoms with Crippen molar-refractivity contribution in [1.29, 1.82) is 0 Å². The maximum Gasteiger partial charge on any atom is 0.112 e. The van der Waals surface area contributed by atoms with Crippen LogP contribution in [0.3, 0.4) is 0 Å². The molecule has 3 heteroatoms. The summed E-state index contributed by atoms with van der Waals surface area (Å²) in [5, 5.41) is 12.4. The Labute approximate surface area is 111 Å². The van der Waals surface area contributed by atoms with Crippen molar-refractivity contribution in [3.8, 4) is 0 Å². The molecule has 3 unspecified atom stereocenters. The van der Waals surface area contributed by atoms with E-state index in [-0.39, 0.29) is 6.10 Å². The largest absolute Gasteiger partial charge is 0.387 e. The molecule has 2 aliphatic rings. The zero-order valence-corrected chi connectivity index (χ0v) is 12.0. The SMILES string of the molecule is COC1CCC(CCC2[NH2+]C(C)CCC2O)CC1. The van der Waals surface area contributed by atoms with Crippen molar-refractivity contribution in [2.75, 3.05) is 7.11 Å². The summed E-state index contributed by atoms with van der Waals surface area (Å²) in [7, 11) is 1.83. The average Bonchev–Trinajstić information content (AvgIpc) is 2.40. The van der Waals surface area contributed by atoms with Crippen LogP contribution in [-0.2, 0) is 4.74 Å². The van der Waals surface area contributed by atoms with Crippen molar-refractivity contribution in [2.45, 2.75) is 82.6 Å². The van der Waals surface area contributed by atoms with Gasteiger partial charge in [-0.3, -0.25) is 0 Å². The highest BCUT2D eigenvalue weighted by Crippen LogP contribution is 2.29. The smallest absolute Gasteiger partial charge is 0.112 e. The number of hydrogen-bond acceptors (Lipinski definition) is 2. The lowest BCUT2D eigenvalue weighted by Gasteiger charge is -2.32. The lowest BCUT2D eigenvalue weighted by Crippen LogP contribution is -2.98. The summed E-state index contributed by atoms with van der Waals surface area (Å²) < 4.78 is 5.42. The predicted molar refractivity (Wildman–Crippen MR) is 72.4 cm³/mol. The number of aliphatic hydroxyl groups excluding tert-OH is 1. The number of hydrogen-bond donors (Lipinski definition) is 2. The third-order valence-electron chi connectivity index (χ3n) is 5.02. The highest BCUT2D eigenvalue weighted by atomic mass is 16.5. The number of aliphatic hydroxyl groups is 1. The quantitative estimate of drug-likeness (QED) is 0.799. The fourth-order valence-corrected chi connectivity index (χ4v) is 3.67. The Morgan fingerprint density at radius 3 is 2.44 bits per heavy atom. The van der Waals surface area contributed by atoms with Crippen molar-refractivity contribution in [3.05, 3.63) is 0 Å². The van der Waals surface area contributed by atoms with E-state index in [0.29, 0.717) is 18.2 Å². The minimum absolute atomic E-state index is 0.0727. The number of nitrogens with two attached hydrogens (primary N) is 1. The van der Waals surface area contributed by atoms with Gasteiger partial charge in [-0.25, -0.2) is 0 Å². The Kier molecular flexibility index (Phi) is 5.46. The molecule has 0 aromatic rings. The summed E-state index contributed by atoms with van der Waals surface area (Å²) in [6.07, 6.45) is 10.2. The molecule has 0 aromatic carbocycles. The number of ether oxygens (including phenoxy) is 1. The van der Waals surface area contributed by atoms with E-state index in [0.717, 1.165) is 18.8 Å². The fourth-order valence-electron chi connectivity index (χ4n) is 3.67. The van der Waals surface area contributed by atoms with E-state index in [1.54, 1.807) is 0 Å². The molecular formula is C15H30NO2+. The van der Waals surface area contributed by atoms with Gasteiger partial charge in [0.05, 0.1) is 12.1 Å². The molecule has 0 amide bonds. The zero-order valence-electron chi connectivity index (χ0n) is 12.0. The molecule has 18 heavy (non-hydrogen) atoms. The number of methoxy groups -OCH3 is 1. The first-order valence-corrected chi connectivity index (χ1v) is 7.75. The third-order valence-corrected chi connectivity index (χ3v) is 5.02. The van der Waals surface area contributed by atoms with Gasteiger partial charge in [0.25, 0.3) is 0 Å². The first-order valence-electron chi connectivity index (χ1n) is 7.75. The Morgan fingerprint density at radius 1 is 1.06 bits per heavy atom. The van der Waals surface area contributed by atoms with Gasteiger partial charge in [-0.2, -0.15) is 0 Å². The second-order valence-corrected chi connectivity index (χ2v) is 6.43. The molecule has 3 N–H and O–H groups in total. The first-order chi connectivity index (χ1) is 8.69.